The van der Waals surface area contributed by atoms with Crippen molar-refractivity contribution >= 4 is 50.5 Å². The molecule has 9 heteroatoms. The fraction of sp³-hybridized carbons (Fsp3) is 0.500. The summed E-state index contributed by atoms with van der Waals surface area (Å²) in [7, 11) is 0. The molecule has 2 heterocycles. The van der Waals surface area contributed by atoms with E-state index < -0.39 is 5.60 Å². The molecule has 0 atom stereocenters. The highest BCUT2D eigenvalue weighted by Crippen LogP contribution is 2.29. The van der Waals surface area contributed by atoms with Gasteiger partial charge in [0.25, 0.3) is 0 Å². The molecule has 0 N–H and O–H groups in total. The normalized spacial score (nSPS) is 15.1. The first-order chi connectivity index (χ1) is 12.8. The monoisotopic (exact) mass is 456 g/mol. The lowest BCUT2D eigenvalue weighted by Crippen LogP contribution is -2.50. The summed E-state index contributed by atoms with van der Waals surface area (Å²) in [6.07, 6.45) is -0.294. The zero-order valence-electron chi connectivity index (χ0n) is 15.5. The Morgan fingerprint density at radius 2 is 1.93 bits per heavy atom. The Morgan fingerprint density at radius 1 is 1.22 bits per heavy atom. The smallest absolute Gasteiger partial charge is 0.410 e. The van der Waals surface area contributed by atoms with Crippen LogP contribution < -0.4 is 9.64 Å². The van der Waals surface area contributed by atoms with Crippen LogP contribution >= 0.6 is 27.5 Å². The highest BCUT2D eigenvalue weighted by molar-refractivity contribution is 9.10. The number of benzene rings is 1. The summed E-state index contributed by atoms with van der Waals surface area (Å²) in [5, 5.41) is 0.793. The van der Waals surface area contributed by atoms with E-state index in [4.69, 9.17) is 21.1 Å². The molecule has 0 aliphatic carbocycles. The fourth-order valence-corrected chi connectivity index (χ4v) is 3.24. The molecular weight excluding hydrogens is 436 g/mol. The van der Waals surface area contributed by atoms with Gasteiger partial charge in [0, 0.05) is 30.7 Å². The third-order valence-electron chi connectivity index (χ3n) is 4.02. The molecule has 1 aliphatic heterocycles. The number of hydrogen-bond donors (Lipinski definition) is 0. The lowest BCUT2D eigenvalue weighted by molar-refractivity contribution is 0.0240. The molecule has 7 nitrogen and oxygen atoms in total. The highest BCUT2D eigenvalue weighted by atomic mass is 79.9. The first kappa shape index (κ1) is 19.9. The molecule has 0 unspecified atom stereocenters. The van der Waals surface area contributed by atoms with Gasteiger partial charge >= 0.3 is 6.09 Å². The van der Waals surface area contributed by atoms with Crippen LogP contribution in [0.3, 0.4) is 0 Å². The second-order valence-electron chi connectivity index (χ2n) is 7.20. The Kier molecular flexibility index (Phi) is 5.95. The number of alkyl halides is 1. The van der Waals surface area contributed by atoms with Crippen LogP contribution in [0.15, 0.2) is 22.7 Å². The van der Waals surface area contributed by atoms with Gasteiger partial charge in [0.15, 0.2) is 6.07 Å². The van der Waals surface area contributed by atoms with Gasteiger partial charge in [0.05, 0.1) is 10.9 Å². The van der Waals surface area contributed by atoms with E-state index in [1.165, 1.54) is 0 Å². The van der Waals surface area contributed by atoms with E-state index >= 15 is 0 Å². The Hall–Kier alpha value is -1.80. The summed E-state index contributed by atoms with van der Waals surface area (Å²) in [6, 6.07) is 5.73. The Morgan fingerprint density at radius 3 is 2.56 bits per heavy atom. The SMILES string of the molecule is CC(C)(C)OC(=O)N1CCN(c2nc(OCCl)c3cc(Br)ccc3n2)CC1. The van der Waals surface area contributed by atoms with Crippen LogP contribution in [0.25, 0.3) is 10.9 Å². The lowest BCUT2D eigenvalue weighted by atomic mass is 10.2. The maximum absolute atomic E-state index is 12.2. The van der Waals surface area contributed by atoms with Crippen LogP contribution in [0.4, 0.5) is 10.7 Å². The molecule has 1 fully saturated rings. The Labute approximate surface area is 171 Å². The van der Waals surface area contributed by atoms with Gasteiger partial charge < -0.3 is 19.3 Å². The minimum atomic E-state index is -0.502. The van der Waals surface area contributed by atoms with Gasteiger partial charge in [-0.05, 0) is 39.0 Å². The molecule has 1 saturated heterocycles. The van der Waals surface area contributed by atoms with E-state index in [2.05, 4.69) is 25.9 Å². The molecule has 2 aromatic rings. The summed E-state index contributed by atoms with van der Waals surface area (Å²) in [5.41, 5.74) is 0.274. The number of nitrogens with zero attached hydrogens (tertiary/aromatic N) is 4. The number of hydrogen-bond acceptors (Lipinski definition) is 6. The Bertz CT molecular complexity index is 835. The van der Waals surface area contributed by atoms with Crippen LogP contribution in [-0.2, 0) is 4.74 Å². The number of anilines is 1. The number of carbonyl (C=O) groups excluding carboxylic acids is 1. The maximum Gasteiger partial charge on any atom is 0.410 e. The van der Waals surface area contributed by atoms with Crippen molar-refractivity contribution in [1.82, 2.24) is 14.9 Å². The number of carbonyl (C=O) groups is 1. The van der Waals surface area contributed by atoms with E-state index in [-0.39, 0.29) is 12.2 Å². The molecule has 0 radical (unpaired) electrons. The molecular formula is C18H22BrClN4O3. The third kappa shape index (κ3) is 4.93. The minimum absolute atomic E-state index is 0.00445. The highest BCUT2D eigenvalue weighted by Gasteiger charge is 2.27. The average molecular weight is 458 g/mol. The van der Waals surface area contributed by atoms with E-state index in [1.807, 2.05) is 43.9 Å². The first-order valence-corrected chi connectivity index (χ1v) is 9.98. The molecule has 0 spiro atoms. The van der Waals surface area contributed by atoms with Crippen molar-refractivity contribution in [1.29, 1.82) is 0 Å². The number of halogens is 2. The lowest BCUT2D eigenvalue weighted by Gasteiger charge is -2.35. The van der Waals surface area contributed by atoms with Gasteiger partial charge in [-0.15, -0.1) is 0 Å². The van der Waals surface area contributed by atoms with E-state index in [0.717, 1.165) is 15.4 Å². The molecule has 27 heavy (non-hydrogen) atoms. The number of fused-ring (bicyclic) bond motifs is 1. The summed E-state index contributed by atoms with van der Waals surface area (Å²) in [5.74, 6) is 1.01. The number of amides is 1. The number of piperazine rings is 1. The maximum atomic E-state index is 12.2. The predicted molar refractivity (Wildman–Crippen MR) is 109 cm³/mol. The number of aromatic nitrogens is 2. The number of rotatable bonds is 3. The standard InChI is InChI=1S/C18H22BrClN4O3/c1-18(2,3)27-17(25)24-8-6-23(7-9-24)16-21-14-5-4-12(19)10-13(14)15(22-16)26-11-20/h4-5,10H,6-9,11H2,1-3H3. The molecule has 1 aromatic heterocycles. The van der Waals surface area contributed by atoms with Crippen molar-refractivity contribution < 1.29 is 14.3 Å². The van der Waals surface area contributed by atoms with Crippen LogP contribution in [0.2, 0.25) is 0 Å². The number of ether oxygens (including phenoxy) is 2. The molecule has 3 rings (SSSR count). The van der Waals surface area contributed by atoms with Crippen LogP contribution in [0, 0.1) is 0 Å². The van der Waals surface area contributed by atoms with Gasteiger partial charge in [-0.2, -0.15) is 4.98 Å². The summed E-state index contributed by atoms with van der Waals surface area (Å²) < 4.78 is 11.9. The minimum Gasteiger partial charge on any atom is -0.461 e. The average Bonchev–Trinajstić information content (AvgIpc) is 2.61. The summed E-state index contributed by atoms with van der Waals surface area (Å²) >= 11 is 9.20. The fourth-order valence-electron chi connectivity index (χ4n) is 2.78. The molecule has 1 aromatic carbocycles. The van der Waals surface area contributed by atoms with Crippen molar-refractivity contribution in [2.45, 2.75) is 26.4 Å². The molecule has 0 bridgehead atoms. The largest absolute Gasteiger partial charge is 0.461 e. The Balaban J connectivity index is 1.77. The zero-order chi connectivity index (χ0) is 19.6. The molecule has 146 valence electrons. The van der Waals surface area contributed by atoms with Gasteiger partial charge in [0.2, 0.25) is 11.8 Å². The van der Waals surface area contributed by atoms with Crippen LogP contribution in [0.1, 0.15) is 20.8 Å². The first-order valence-electron chi connectivity index (χ1n) is 8.66. The second-order valence-corrected chi connectivity index (χ2v) is 8.33. The molecule has 0 saturated carbocycles. The van der Waals surface area contributed by atoms with Gasteiger partial charge in [0.1, 0.15) is 5.60 Å². The van der Waals surface area contributed by atoms with Crippen molar-refractivity contribution in [2.24, 2.45) is 0 Å². The van der Waals surface area contributed by atoms with Gasteiger partial charge in [-0.25, -0.2) is 9.78 Å². The quantitative estimate of drug-likeness (QED) is 0.648. The van der Waals surface area contributed by atoms with Crippen molar-refractivity contribution in [2.75, 3.05) is 37.1 Å². The van der Waals surface area contributed by atoms with Crippen molar-refractivity contribution in [3.63, 3.8) is 0 Å². The molecule has 1 aliphatic rings. The van der Waals surface area contributed by atoms with Crippen LogP contribution in [0.5, 0.6) is 5.88 Å². The summed E-state index contributed by atoms with van der Waals surface area (Å²) in [4.78, 5) is 25.1. The summed E-state index contributed by atoms with van der Waals surface area (Å²) in [6.45, 7) is 7.90. The van der Waals surface area contributed by atoms with Crippen LogP contribution in [-0.4, -0.2) is 58.8 Å². The van der Waals surface area contributed by atoms with E-state index in [9.17, 15) is 4.79 Å². The topological polar surface area (TPSA) is 67.8 Å². The van der Waals surface area contributed by atoms with Crippen molar-refractivity contribution in [3.8, 4) is 5.88 Å². The molecule has 1 amide bonds. The van der Waals surface area contributed by atoms with E-state index in [0.29, 0.717) is 38.0 Å². The van der Waals surface area contributed by atoms with Crippen molar-refractivity contribution in [3.05, 3.63) is 22.7 Å². The van der Waals surface area contributed by atoms with E-state index in [1.54, 1.807) is 4.90 Å². The third-order valence-corrected chi connectivity index (χ3v) is 4.62. The van der Waals surface area contributed by atoms with Gasteiger partial charge in [-0.1, -0.05) is 27.5 Å². The second kappa shape index (κ2) is 8.06. The predicted octanol–water partition coefficient (Wildman–Crippen LogP) is 4.02. The van der Waals surface area contributed by atoms with Gasteiger partial charge in [-0.3, -0.25) is 0 Å². The zero-order valence-corrected chi connectivity index (χ0v) is 17.9.